The molecule has 0 saturated heterocycles. The quantitative estimate of drug-likeness (QED) is 0.874. The summed E-state index contributed by atoms with van der Waals surface area (Å²) in [5.41, 5.74) is 1.77. The fraction of sp³-hybridized carbons (Fsp3) is 0.267. The molecule has 2 rings (SSSR count). The Balaban J connectivity index is 2.20. The van der Waals surface area contributed by atoms with Crippen molar-refractivity contribution in [2.45, 2.75) is 26.3 Å². The SMILES string of the molecule is CC(C)c1nc(C(=O)O)cnc1NCc1ccccc1. The van der Waals surface area contributed by atoms with Gasteiger partial charge >= 0.3 is 5.97 Å². The summed E-state index contributed by atoms with van der Waals surface area (Å²) in [6, 6.07) is 9.94. The van der Waals surface area contributed by atoms with Crippen LogP contribution in [0.15, 0.2) is 36.5 Å². The van der Waals surface area contributed by atoms with Crippen molar-refractivity contribution in [2.75, 3.05) is 5.32 Å². The van der Waals surface area contributed by atoms with E-state index in [1.165, 1.54) is 6.20 Å². The van der Waals surface area contributed by atoms with Crippen LogP contribution in [0.25, 0.3) is 0 Å². The van der Waals surface area contributed by atoms with Crippen molar-refractivity contribution in [3.05, 3.63) is 53.5 Å². The lowest BCUT2D eigenvalue weighted by Crippen LogP contribution is -2.11. The fourth-order valence-electron chi connectivity index (χ4n) is 1.83. The molecule has 0 amide bonds. The van der Waals surface area contributed by atoms with Crippen LogP contribution in [0.3, 0.4) is 0 Å². The second-order valence-corrected chi connectivity index (χ2v) is 4.79. The van der Waals surface area contributed by atoms with E-state index in [0.717, 1.165) is 5.56 Å². The molecule has 2 N–H and O–H groups in total. The van der Waals surface area contributed by atoms with Crippen LogP contribution < -0.4 is 5.32 Å². The predicted molar refractivity (Wildman–Crippen MR) is 76.8 cm³/mol. The highest BCUT2D eigenvalue weighted by Gasteiger charge is 2.14. The highest BCUT2D eigenvalue weighted by atomic mass is 16.4. The average molecular weight is 271 g/mol. The molecule has 1 aromatic heterocycles. The van der Waals surface area contributed by atoms with E-state index in [-0.39, 0.29) is 11.6 Å². The molecule has 5 heteroatoms. The number of carboxylic acid groups (broad SMARTS) is 1. The maximum absolute atomic E-state index is 10.9. The molecule has 0 unspecified atom stereocenters. The van der Waals surface area contributed by atoms with E-state index < -0.39 is 5.97 Å². The third-order valence-corrected chi connectivity index (χ3v) is 2.87. The Morgan fingerprint density at radius 2 is 2.00 bits per heavy atom. The third-order valence-electron chi connectivity index (χ3n) is 2.87. The summed E-state index contributed by atoms with van der Waals surface area (Å²) in [5.74, 6) is -0.331. The number of nitrogens with one attached hydrogen (secondary N) is 1. The first-order chi connectivity index (χ1) is 9.58. The van der Waals surface area contributed by atoms with Gasteiger partial charge in [0.15, 0.2) is 5.69 Å². The number of nitrogens with zero attached hydrogens (tertiary/aromatic N) is 2. The Kier molecular flexibility index (Phi) is 4.30. The van der Waals surface area contributed by atoms with Gasteiger partial charge in [0.1, 0.15) is 5.82 Å². The average Bonchev–Trinajstić information content (AvgIpc) is 2.45. The lowest BCUT2D eigenvalue weighted by atomic mass is 10.1. The molecule has 0 radical (unpaired) electrons. The number of hydrogen-bond acceptors (Lipinski definition) is 4. The molecule has 1 heterocycles. The predicted octanol–water partition coefficient (Wildman–Crippen LogP) is 2.91. The van der Waals surface area contributed by atoms with Crippen molar-refractivity contribution in [3.8, 4) is 0 Å². The first-order valence-corrected chi connectivity index (χ1v) is 6.46. The van der Waals surface area contributed by atoms with E-state index >= 15 is 0 Å². The molecule has 0 saturated carbocycles. The third kappa shape index (κ3) is 3.32. The molecule has 20 heavy (non-hydrogen) atoms. The lowest BCUT2D eigenvalue weighted by Gasteiger charge is -2.13. The molecule has 0 aliphatic rings. The highest BCUT2D eigenvalue weighted by Crippen LogP contribution is 2.20. The van der Waals surface area contributed by atoms with Gasteiger partial charge in [0, 0.05) is 6.54 Å². The molecule has 0 aliphatic carbocycles. The number of carboxylic acids is 1. The van der Waals surface area contributed by atoms with Crippen molar-refractivity contribution in [2.24, 2.45) is 0 Å². The van der Waals surface area contributed by atoms with Crippen molar-refractivity contribution < 1.29 is 9.90 Å². The van der Waals surface area contributed by atoms with Gasteiger partial charge in [-0.2, -0.15) is 0 Å². The molecule has 104 valence electrons. The Hall–Kier alpha value is -2.43. The zero-order valence-electron chi connectivity index (χ0n) is 11.5. The van der Waals surface area contributed by atoms with Crippen LogP contribution in [-0.4, -0.2) is 21.0 Å². The molecule has 0 spiro atoms. The van der Waals surface area contributed by atoms with Crippen LogP contribution in [-0.2, 0) is 6.54 Å². The summed E-state index contributed by atoms with van der Waals surface area (Å²) in [5, 5.41) is 12.2. The van der Waals surface area contributed by atoms with Crippen LogP contribution in [0.1, 0.15) is 41.5 Å². The molecule has 0 aliphatic heterocycles. The van der Waals surface area contributed by atoms with Crippen molar-refractivity contribution in [3.63, 3.8) is 0 Å². The van der Waals surface area contributed by atoms with Gasteiger partial charge in [-0.05, 0) is 11.5 Å². The number of rotatable bonds is 5. The summed E-state index contributed by atoms with van der Waals surface area (Å²) in [6.07, 6.45) is 1.28. The van der Waals surface area contributed by atoms with E-state index in [0.29, 0.717) is 18.1 Å². The van der Waals surface area contributed by atoms with Gasteiger partial charge < -0.3 is 10.4 Å². The standard InChI is InChI=1S/C15H17N3O2/c1-10(2)13-14(17-9-12(18-13)15(19)20)16-8-11-6-4-3-5-7-11/h3-7,9-10H,8H2,1-2H3,(H,16,17)(H,19,20). The van der Waals surface area contributed by atoms with Crippen LogP contribution in [0.4, 0.5) is 5.82 Å². The van der Waals surface area contributed by atoms with E-state index in [1.807, 2.05) is 44.2 Å². The van der Waals surface area contributed by atoms with Crippen LogP contribution in [0.2, 0.25) is 0 Å². The second-order valence-electron chi connectivity index (χ2n) is 4.79. The molecular formula is C15H17N3O2. The first-order valence-electron chi connectivity index (χ1n) is 6.46. The van der Waals surface area contributed by atoms with E-state index in [1.54, 1.807) is 0 Å². The summed E-state index contributed by atoms with van der Waals surface area (Å²) < 4.78 is 0. The van der Waals surface area contributed by atoms with Gasteiger partial charge in [-0.1, -0.05) is 44.2 Å². The zero-order valence-corrected chi connectivity index (χ0v) is 11.5. The number of anilines is 1. The minimum atomic E-state index is -1.06. The number of hydrogen-bond donors (Lipinski definition) is 2. The molecule has 1 aromatic carbocycles. The normalized spacial score (nSPS) is 10.6. The van der Waals surface area contributed by atoms with Gasteiger partial charge in [-0.15, -0.1) is 0 Å². The second kappa shape index (κ2) is 6.14. The minimum Gasteiger partial charge on any atom is -0.476 e. The topological polar surface area (TPSA) is 75.1 Å². The molecule has 0 bridgehead atoms. The molecule has 0 atom stereocenters. The summed E-state index contributed by atoms with van der Waals surface area (Å²) in [7, 11) is 0. The van der Waals surface area contributed by atoms with E-state index in [4.69, 9.17) is 5.11 Å². The Labute approximate surface area is 117 Å². The zero-order chi connectivity index (χ0) is 14.5. The molecule has 2 aromatic rings. The van der Waals surface area contributed by atoms with Crippen molar-refractivity contribution in [1.82, 2.24) is 9.97 Å². The highest BCUT2D eigenvalue weighted by molar-refractivity contribution is 5.85. The van der Waals surface area contributed by atoms with Gasteiger partial charge in [-0.3, -0.25) is 0 Å². The van der Waals surface area contributed by atoms with Gasteiger partial charge in [-0.25, -0.2) is 14.8 Å². The maximum atomic E-state index is 10.9. The van der Waals surface area contributed by atoms with Gasteiger partial charge in [0.25, 0.3) is 0 Å². The maximum Gasteiger partial charge on any atom is 0.356 e. The van der Waals surface area contributed by atoms with Crippen LogP contribution in [0, 0.1) is 0 Å². The van der Waals surface area contributed by atoms with Gasteiger partial charge in [0.2, 0.25) is 0 Å². The number of aromatic nitrogens is 2. The first kappa shape index (κ1) is 14.0. The summed E-state index contributed by atoms with van der Waals surface area (Å²) in [4.78, 5) is 19.3. The Morgan fingerprint density at radius 3 is 2.60 bits per heavy atom. The monoisotopic (exact) mass is 271 g/mol. The van der Waals surface area contributed by atoms with E-state index in [9.17, 15) is 4.79 Å². The number of benzene rings is 1. The largest absolute Gasteiger partial charge is 0.476 e. The smallest absolute Gasteiger partial charge is 0.356 e. The summed E-state index contributed by atoms with van der Waals surface area (Å²) >= 11 is 0. The molecule has 5 nitrogen and oxygen atoms in total. The molecular weight excluding hydrogens is 254 g/mol. The minimum absolute atomic E-state index is 0.0287. The fourth-order valence-corrected chi connectivity index (χ4v) is 1.83. The van der Waals surface area contributed by atoms with Crippen LogP contribution >= 0.6 is 0 Å². The molecule has 0 fully saturated rings. The number of aromatic carboxylic acids is 1. The Bertz CT molecular complexity index is 597. The Morgan fingerprint density at radius 1 is 1.30 bits per heavy atom. The van der Waals surface area contributed by atoms with Gasteiger partial charge in [0.05, 0.1) is 11.9 Å². The van der Waals surface area contributed by atoms with Crippen molar-refractivity contribution >= 4 is 11.8 Å². The number of carbonyl (C=O) groups is 1. The van der Waals surface area contributed by atoms with E-state index in [2.05, 4.69) is 15.3 Å². The van der Waals surface area contributed by atoms with Crippen LogP contribution in [0.5, 0.6) is 0 Å². The lowest BCUT2D eigenvalue weighted by molar-refractivity contribution is 0.0689. The summed E-state index contributed by atoms with van der Waals surface area (Å²) in [6.45, 7) is 4.55. The van der Waals surface area contributed by atoms with Crippen molar-refractivity contribution in [1.29, 1.82) is 0 Å².